The molecule has 0 spiro atoms. The van der Waals surface area contributed by atoms with Gasteiger partial charge in [0, 0.05) is 27.1 Å². The minimum Gasteiger partial charge on any atom is -0.461 e. The number of nitrogens with zero attached hydrogens (tertiary/aromatic N) is 4. The molecule has 0 aliphatic rings. The van der Waals surface area contributed by atoms with Gasteiger partial charge in [-0.25, -0.2) is 9.78 Å². The van der Waals surface area contributed by atoms with Crippen molar-refractivity contribution in [3.05, 3.63) is 65.6 Å². The van der Waals surface area contributed by atoms with Crippen molar-refractivity contribution in [1.82, 2.24) is 14.5 Å². The SMILES string of the molecule is CCCCc1nc(SC)c(C(=O)OCC)n1Cc1ccc(-c2cccc(S(=O)(=O)/N=C/N(C)C)c2)cc1. The maximum absolute atomic E-state index is 12.8. The Kier molecular flexibility index (Phi) is 9.93. The van der Waals surface area contributed by atoms with Crippen LogP contribution in [-0.2, 0) is 27.7 Å². The largest absolute Gasteiger partial charge is 0.461 e. The van der Waals surface area contributed by atoms with Crippen LogP contribution in [0.5, 0.6) is 0 Å². The molecule has 37 heavy (non-hydrogen) atoms. The van der Waals surface area contributed by atoms with Crippen molar-refractivity contribution >= 4 is 34.1 Å². The molecule has 10 heteroatoms. The first-order valence-corrected chi connectivity index (χ1v) is 14.8. The van der Waals surface area contributed by atoms with E-state index in [1.807, 2.05) is 41.2 Å². The van der Waals surface area contributed by atoms with Crippen LogP contribution < -0.4 is 0 Å². The predicted molar refractivity (Wildman–Crippen MR) is 149 cm³/mol. The maximum atomic E-state index is 12.8. The van der Waals surface area contributed by atoms with Gasteiger partial charge in [0.1, 0.15) is 17.2 Å². The van der Waals surface area contributed by atoms with Crippen LogP contribution in [0, 0.1) is 0 Å². The number of benzene rings is 2. The third kappa shape index (κ3) is 7.23. The van der Waals surface area contributed by atoms with Gasteiger partial charge in [-0.05, 0) is 48.4 Å². The Morgan fingerprint density at radius 3 is 2.49 bits per heavy atom. The third-order valence-corrected chi connectivity index (χ3v) is 7.50. The highest BCUT2D eigenvalue weighted by Gasteiger charge is 2.24. The van der Waals surface area contributed by atoms with Crippen molar-refractivity contribution in [2.24, 2.45) is 4.40 Å². The van der Waals surface area contributed by atoms with E-state index in [9.17, 15) is 13.2 Å². The van der Waals surface area contributed by atoms with E-state index in [4.69, 9.17) is 9.72 Å². The molecule has 0 aliphatic heterocycles. The topological polar surface area (TPSA) is 93.9 Å². The fourth-order valence-corrected chi connectivity index (χ4v) is 5.29. The number of imidazole rings is 1. The Morgan fingerprint density at radius 2 is 1.86 bits per heavy atom. The Bertz CT molecular complexity index is 1350. The molecule has 1 aromatic heterocycles. The Balaban J connectivity index is 1.92. The lowest BCUT2D eigenvalue weighted by molar-refractivity contribution is 0.0509. The number of hydrogen-bond acceptors (Lipinski definition) is 6. The molecule has 0 saturated carbocycles. The standard InChI is InChI=1S/C27H34N4O4S2/c1-6-8-12-24-29-26(36-5)25(27(32)35-7-2)31(24)18-20-13-15-21(16-14-20)22-10-9-11-23(17-22)37(33,34)28-19-30(3)4/h9-11,13-17,19H,6-8,12,18H2,1-5H3/b28-19+. The number of esters is 1. The summed E-state index contributed by atoms with van der Waals surface area (Å²) in [5, 5.41) is 0.677. The second kappa shape index (κ2) is 12.9. The molecular weight excluding hydrogens is 508 g/mol. The predicted octanol–water partition coefficient (Wildman–Crippen LogP) is 5.12. The number of sulfonamides is 1. The second-order valence-corrected chi connectivity index (χ2v) is 11.1. The average molecular weight is 543 g/mol. The summed E-state index contributed by atoms with van der Waals surface area (Å²) in [4.78, 5) is 19.3. The summed E-state index contributed by atoms with van der Waals surface area (Å²) >= 11 is 1.44. The number of aryl methyl sites for hydroxylation is 1. The van der Waals surface area contributed by atoms with Crippen LogP contribution in [-0.4, -0.2) is 62.1 Å². The second-order valence-electron chi connectivity index (χ2n) is 8.68. The zero-order valence-corrected chi connectivity index (χ0v) is 23.6. The number of aromatic nitrogens is 2. The lowest BCUT2D eigenvalue weighted by atomic mass is 10.0. The highest BCUT2D eigenvalue weighted by atomic mass is 32.2. The number of rotatable bonds is 12. The number of unbranched alkanes of at least 4 members (excludes halogenated alkanes) is 1. The molecule has 8 nitrogen and oxygen atoms in total. The molecule has 0 amide bonds. The van der Waals surface area contributed by atoms with E-state index in [1.165, 1.54) is 24.2 Å². The van der Waals surface area contributed by atoms with Crippen LogP contribution >= 0.6 is 11.8 Å². The number of hydrogen-bond donors (Lipinski definition) is 0. The summed E-state index contributed by atoms with van der Waals surface area (Å²) < 4.78 is 36.2. The minimum atomic E-state index is -3.79. The Labute approximate surface area is 223 Å². The molecular formula is C27H34N4O4S2. The average Bonchev–Trinajstić information content (AvgIpc) is 3.24. The maximum Gasteiger partial charge on any atom is 0.357 e. The van der Waals surface area contributed by atoms with E-state index in [0.29, 0.717) is 23.9 Å². The van der Waals surface area contributed by atoms with Crippen LogP contribution in [0.15, 0.2) is 62.9 Å². The van der Waals surface area contributed by atoms with E-state index in [-0.39, 0.29) is 10.9 Å². The number of carbonyl (C=O) groups is 1. The van der Waals surface area contributed by atoms with E-state index in [2.05, 4.69) is 11.3 Å². The fraction of sp³-hybridized carbons (Fsp3) is 0.370. The van der Waals surface area contributed by atoms with Crippen LogP contribution in [0.25, 0.3) is 11.1 Å². The summed E-state index contributed by atoms with van der Waals surface area (Å²) in [5.41, 5.74) is 3.14. The first kappa shape index (κ1) is 28.5. The molecule has 3 aromatic rings. The molecule has 0 atom stereocenters. The zero-order chi connectivity index (χ0) is 27.0. The Morgan fingerprint density at radius 1 is 1.14 bits per heavy atom. The molecule has 0 aliphatic carbocycles. The van der Waals surface area contributed by atoms with Gasteiger partial charge in [-0.2, -0.15) is 8.42 Å². The van der Waals surface area contributed by atoms with Gasteiger partial charge in [-0.15, -0.1) is 16.2 Å². The summed E-state index contributed by atoms with van der Waals surface area (Å²) in [6, 6.07) is 14.6. The van der Waals surface area contributed by atoms with Crippen molar-refractivity contribution < 1.29 is 17.9 Å². The van der Waals surface area contributed by atoms with Crippen LogP contribution in [0.4, 0.5) is 0 Å². The molecule has 0 fully saturated rings. The first-order valence-electron chi connectivity index (χ1n) is 12.2. The quantitative estimate of drug-likeness (QED) is 0.136. The normalized spacial score (nSPS) is 11.7. The monoisotopic (exact) mass is 542 g/mol. The first-order chi connectivity index (χ1) is 17.7. The molecule has 0 bridgehead atoms. The number of thioether (sulfide) groups is 1. The van der Waals surface area contributed by atoms with Crippen LogP contribution in [0.3, 0.4) is 0 Å². The van der Waals surface area contributed by atoms with Crippen molar-refractivity contribution in [3.8, 4) is 11.1 Å². The zero-order valence-electron chi connectivity index (χ0n) is 22.0. The van der Waals surface area contributed by atoms with Crippen molar-refractivity contribution in [2.45, 2.75) is 49.6 Å². The van der Waals surface area contributed by atoms with Gasteiger partial charge in [0.2, 0.25) is 0 Å². The van der Waals surface area contributed by atoms with Crippen LogP contribution in [0.2, 0.25) is 0 Å². The van der Waals surface area contributed by atoms with Crippen molar-refractivity contribution in [1.29, 1.82) is 0 Å². The molecule has 1 heterocycles. The summed E-state index contributed by atoms with van der Waals surface area (Å²) in [7, 11) is -0.367. The van der Waals surface area contributed by atoms with Gasteiger partial charge in [-0.3, -0.25) is 0 Å². The fourth-order valence-electron chi connectivity index (χ4n) is 3.75. The molecule has 0 unspecified atom stereocenters. The van der Waals surface area contributed by atoms with Gasteiger partial charge in [0.15, 0.2) is 5.69 Å². The van der Waals surface area contributed by atoms with E-state index in [0.717, 1.165) is 41.8 Å². The molecule has 3 rings (SSSR count). The van der Waals surface area contributed by atoms with Gasteiger partial charge in [-0.1, -0.05) is 49.7 Å². The van der Waals surface area contributed by atoms with Gasteiger partial charge >= 0.3 is 5.97 Å². The van der Waals surface area contributed by atoms with Gasteiger partial charge in [0.05, 0.1) is 11.5 Å². The van der Waals surface area contributed by atoms with Gasteiger partial charge in [0.25, 0.3) is 10.0 Å². The van der Waals surface area contributed by atoms with Crippen LogP contribution in [0.1, 0.15) is 48.6 Å². The number of carbonyl (C=O) groups excluding carboxylic acids is 1. The van der Waals surface area contributed by atoms with Gasteiger partial charge < -0.3 is 14.2 Å². The number of ether oxygens (including phenoxy) is 1. The third-order valence-electron chi connectivity index (χ3n) is 5.61. The highest BCUT2D eigenvalue weighted by Crippen LogP contribution is 2.27. The molecule has 2 aromatic carbocycles. The van der Waals surface area contributed by atoms with E-state index < -0.39 is 10.0 Å². The smallest absolute Gasteiger partial charge is 0.357 e. The lowest BCUT2D eigenvalue weighted by Crippen LogP contribution is -2.16. The minimum absolute atomic E-state index is 0.134. The van der Waals surface area contributed by atoms with E-state index in [1.54, 1.807) is 38.1 Å². The molecule has 0 N–H and O–H groups in total. The lowest BCUT2D eigenvalue weighted by Gasteiger charge is -2.13. The molecule has 0 radical (unpaired) electrons. The van der Waals surface area contributed by atoms with Crippen molar-refractivity contribution in [2.75, 3.05) is 27.0 Å². The summed E-state index contributed by atoms with van der Waals surface area (Å²) in [5.74, 6) is 0.503. The summed E-state index contributed by atoms with van der Waals surface area (Å²) in [6.07, 6.45) is 5.96. The summed E-state index contributed by atoms with van der Waals surface area (Å²) in [6.45, 7) is 4.70. The highest BCUT2D eigenvalue weighted by molar-refractivity contribution is 7.98. The molecule has 0 saturated heterocycles. The molecule has 198 valence electrons. The Hall–Kier alpha value is -3.11. The van der Waals surface area contributed by atoms with Crippen molar-refractivity contribution in [3.63, 3.8) is 0 Å². The van der Waals surface area contributed by atoms with E-state index >= 15 is 0 Å².